The van der Waals surface area contributed by atoms with Gasteiger partial charge in [0.2, 0.25) is 0 Å². The number of nitrogens with two attached hydrogens (primary N) is 1. The zero-order chi connectivity index (χ0) is 13.3. The molecule has 0 spiro atoms. The van der Waals surface area contributed by atoms with E-state index in [1.165, 1.54) is 6.07 Å². The van der Waals surface area contributed by atoms with Gasteiger partial charge in [0.25, 0.3) is 0 Å². The van der Waals surface area contributed by atoms with Crippen molar-refractivity contribution in [1.29, 1.82) is 0 Å². The predicted molar refractivity (Wildman–Crippen MR) is 79.3 cm³/mol. The maximum Gasteiger partial charge on any atom is 0.128 e. The normalized spacial score (nSPS) is 12.5. The molecule has 0 amide bonds. The van der Waals surface area contributed by atoms with Crippen molar-refractivity contribution in [2.75, 3.05) is 0 Å². The highest BCUT2D eigenvalue weighted by atomic mass is 79.9. The Balaban J connectivity index is 2.47. The maximum atomic E-state index is 13.8. The minimum atomic E-state index is -0.558. The number of benzene rings is 2. The molecule has 1 nitrogen and oxygen atoms in total. The van der Waals surface area contributed by atoms with Gasteiger partial charge in [-0.05, 0) is 42.0 Å². The van der Waals surface area contributed by atoms with E-state index in [2.05, 4.69) is 31.9 Å². The van der Waals surface area contributed by atoms with Crippen molar-refractivity contribution in [1.82, 2.24) is 0 Å². The minimum absolute atomic E-state index is 0.332. The summed E-state index contributed by atoms with van der Waals surface area (Å²) in [6.07, 6.45) is 0. The molecule has 0 aliphatic rings. The van der Waals surface area contributed by atoms with Crippen LogP contribution in [0.2, 0.25) is 5.02 Å². The second-order valence-corrected chi connectivity index (χ2v) is 6.11. The summed E-state index contributed by atoms with van der Waals surface area (Å²) in [5.74, 6) is -0.332. The van der Waals surface area contributed by atoms with Gasteiger partial charge in [0.05, 0.1) is 6.04 Å². The van der Waals surface area contributed by atoms with Crippen LogP contribution < -0.4 is 5.73 Å². The Kier molecular flexibility index (Phi) is 4.43. The lowest BCUT2D eigenvalue weighted by molar-refractivity contribution is 0.599. The van der Waals surface area contributed by atoms with E-state index < -0.39 is 6.04 Å². The van der Waals surface area contributed by atoms with Gasteiger partial charge in [-0.25, -0.2) is 4.39 Å². The molecule has 94 valence electrons. The second-order valence-electron chi connectivity index (χ2n) is 3.85. The van der Waals surface area contributed by atoms with Crippen molar-refractivity contribution < 1.29 is 4.39 Å². The van der Waals surface area contributed by atoms with E-state index in [-0.39, 0.29) is 5.82 Å². The first-order valence-corrected chi connectivity index (χ1v) is 7.10. The number of halogens is 4. The Bertz CT molecular complexity index is 569. The Morgan fingerprint density at radius 2 is 1.78 bits per heavy atom. The Labute approximate surface area is 126 Å². The lowest BCUT2D eigenvalue weighted by atomic mass is 9.99. The van der Waals surface area contributed by atoms with Gasteiger partial charge in [0, 0.05) is 19.5 Å². The highest BCUT2D eigenvalue weighted by Gasteiger charge is 2.15. The van der Waals surface area contributed by atoms with E-state index in [1.807, 2.05) is 6.07 Å². The second kappa shape index (κ2) is 5.70. The summed E-state index contributed by atoms with van der Waals surface area (Å²) in [5.41, 5.74) is 7.27. The summed E-state index contributed by atoms with van der Waals surface area (Å²) in [5, 5.41) is 0.560. The molecule has 0 aliphatic carbocycles. The third kappa shape index (κ3) is 3.12. The topological polar surface area (TPSA) is 26.0 Å². The highest BCUT2D eigenvalue weighted by molar-refractivity contribution is 9.10. The van der Waals surface area contributed by atoms with Crippen molar-refractivity contribution in [3.63, 3.8) is 0 Å². The average molecular weight is 393 g/mol. The fourth-order valence-corrected chi connectivity index (χ4v) is 2.95. The molecule has 0 fully saturated rings. The average Bonchev–Trinajstić information content (AvgIpc) is 2.30. The van der Waals surface area contributed by atoms with Crippen LogP contribution in [0.3, 0.4) is 0 Å². The van der Waals surface area contributed by atoms with Crippen molar-refractivity contribution in [2.45, 2.75) is 6.04 Å². The first-order chi connectivity index (χ1) is 8.47. The largest absolute Gasteiger partial charge is 0.320 e. The third-order valence-corrected chi connectivity index (χ3v) is 3.71. The van der Waals surface area contributed by atoms with Gasteiger partial charge in [-0.15, -0.1) is 0 Å². The van der Waals surface area contributed by atoms with Crippen LogP contribution >= 0.6 is 43.5 Å². The van der Waals surface area contributed by atoms with Crippen LogP contribution in [0.5, 0.6) is 0 Å². The Hall–Kier alpha value is -0.420. The first kappa shape index (κ1) is 14.0. The fraction of sp³-hybridized carbons (Fsp3) is 0.0769. The van der Waals surface area contributed by atoms with Gasteiger partial charge in [0.1, 0.15) is 5.82 Å². The van der Waals surface area contributed by atoms with E-state index in [0.29, 0.717) is 10.6 Å². The van der Waals surface area contributed by atoms with E-state index >= 15 is 0 Å². The molecule has 0 saturated heterocycles. The van der Waals surface area contributed by atoms with Gasteiger partial charge in [-0.3, -0.25) is 0 Å². The van der Waals surface area contributed by atoms with Crippen LogP contribution in [0.1, 0.15) is 17.2 Å². The molecule has 0 heterocycles. The zero-order valence-corrected chi connectivity index (χ0v) is 13.1. The molecule has 1 atom stereocenters. The van der Waals surface area contributed by atoms with Crippen LogP contribution in [0.4, 0.5) is 4.39 Å². The fourth-order valence-electron chi connectivity index (χ4n) is 1.69. The summed E-state index contributed by atoms with van der Waals surface area (Å²) in [6, 6.07) is 9.47. The molecular formula is C13H9Br2ClFN. The van der Waals surface area contributed by atoms with Crippen LogP contribution in [-0.2, 0) is 0 Å². The summed E-state index contributed by atoms with van der Waals surface area (Å²) < 4.78 is 15.4. The molecule has 0 saturated carbocycles. The predicted octanol–water partition coefficient (Wildman–Crippen LogP) is 5.05. The van der Waals surface area contributed by atoms with E-state index in [1.54, 1.807) is 24.3 Å². The van der Waals surface area contributed by atoms with Crippen molar-refractivity contribution in [3.05, 3.63) is 67.3 Å². The molecule has 0 aliphatic heterocycles. The molecule has 2 aromatic rings. The molecule has 2 rings (SSSR count). The van der Waals surface area contributed by atoms with E-state index in [4.69, 9.17) is 17.3 Å². The van der Waals surface area contributed by atoms with Gasteiger partial charge >= 0.3 is 0 Å². The van der Waals surface area contributed by atoms with E-state index in [0.717, 1.165) is 14.5 Å². The van der Waals surface area contributed by atoms with Crippen LogP contribution in [0, 0.1) is 5.82 Å². The highest BCUT2D eigenvalue weighted by Crippen LogP contribution is 2.29. The van der Waals surface area contributed by atoms with Gasteiger partial charge < -0.3 is 5.73 Å². The number of hydrogen-bond acceptors (Lipinski definition) is 1. The first-order valence-electron chi connectivity index (χ1n) is 5.14. The summed E-state index contributed by atoms with van der Waals surface area (Å²) >= 11 is 12.6. The van der Waals surface area contributed by atoms with Gasteiger partial charge in [-0.1, -0.05) is 43.5 Å². The van der Waals surface area contributed by atoms with Crippen molar-refractivity contribution >= 4 is 43.5 Å². The van der Waals surface area contributed by atoms with Crippen LogP contribution in [0.25, 0.3) is 0 Å². The monoisotopic (exact) mass is 391 g/mol. The molecule has 2 N–H and O–H groups in total. The lowest BCUT2D eigenvalue weighted by Crippen LogP contribution is -2.13. The van der Waals surface area contributed by atoms with Crippen LogP contribution in [-0.4, -0.2) is 0 Å². The molecule has 5 heteroatoms. The zero-order valence-electron chi connectivity index (χ0n) is 9.13. The van der Waals surface area contributed by atoms with Crippen molar-refractivity contribution in [3.8, 4) is 0 Å². The molecule has 0 radical (unpaired) electrons. The summed E-state index contributed by atoms with van der Waals surface area (Å²) in [6.45, 7) is 0. The SMILES string of the molecule is NC(c1cc(Cl)cc(Br)c1)c1cc(Br)ccc1F. The van der Waals surface area contributed by atoms with Gasteiger partial charge in [-0.2, -0.15) is 0 Å². The molecular weight excluding hydrogens is 384 g/mol. The molecule has 2 aromatic carbocycles. The Morgan fingerprint density at radius 3 is 2.44 bits per heavy atom. The van der Waals surface area contributed by atoms with Crippen LogP contribution in [0.15, 0.2) is 45.3 Å². The standard InChI is InChI=1S/C13H9Br2ClFN/c14-8-1-2-12(17)11(6-8)13(18)7-3-9(15)5-10(16)4-7/h1-6,13H,18H2. The maximum absolute atomic E-state index is 13.8. The number of rotatable bonds is 2. The Morgan fingerprint density at radius 1 is 1.06 bits per heavy atom. The number of hydrogen-bond donors (Lipinski definition) is 1. The van der Waals surface area contributed by atoms with Crippen molar-refractivity contribution in [2.24, 2.45) is 5.73 Å². The molecule has 1 unspecified atom stereocenters. The van der Waals surface area contributed by atoms with Gasteiger partial charge in [0.15, 0.2) is 0 Å². The minimum Gasteiger partial charge on any atom is -0.320 e. The smallest absolute Gasteiger partial charge is 0.128 e. The summed E-state index contributed by atoms with van der Waals surface area (Å²) in [7, 11) is 0. The molecule has 18 heavy (non-hydrogen) atoms. The van der Waals surface area contributed by atoms with E-state index in [9.17, 15) is 4.39 Å². The quantitative estimate of drug-likeness (QED) is 0.759. The lowest BCUT2D eigenvalue weighted by Gasteiger charge is -2.14. The molecule has 0 bridgehead atoms. The third-order valence-electron chi connectivity index (χ3n) is 2.54. The molecule has 0 aromatic heterocycles. The summed E-state index contributed by atoms with van der Waals surface area (Å²) in [4.78, 5) is 0.